The number of morpholine rings is 1. The smallest absolute Gasteiger partial charge is 0.254 e. The molecule has 1 atom stereocenters. The summed E-state index contributed by atoms with van der Waals surface area (Å²) in [7, 11) is 0. The first-order valence-corrected chi connectivity index (χ1v) is 11.4. The molecule has 150 valence electrons. The van der Waals surface area contributed by atoms with Crippen molar-refractivity contribution in [3.8, 4) is 0 Å². The molecular weight excluding hydrogens is 372 g/mol. The van der Waals surface area contributed by atoms with Crippen molar-refractivity contribution in [1.29, 1.82) is 0 Å². The average molecular weight is 401 g/mol. The number of carbonyl (C=O) groups excluding carboxylic acids is 1. The molecule has 3 aliphatic rings. The van der Waals surface area contributed by atoms with Gasteiger partial charge in [-0.15, -0.1) is 0 Å². The Morgan fingerprint density at radius 1 is 1.07 bits per heavy atom. The zero-order chi connectivity index (χ0) is 18.9. The lowest BCUT2D eigenvalue weighted by Gasteiger charge is -2.32. The maximum absolute atomic E-state index is 12.8. The Morgan fingerprint density at radius 2 is 1.89 bits per heavy atom. The van der Waals surface area contributed by atoms with E-state index in [0.717, 1.165) is 34.0 Å². The van der Waals surface area contributed by atoms with E-state index >= 15 is 0 Å². The van der Waals surface area contributed by atoms with Gasteiger partial charge in [0.2, 0.25) is 0 Å². The number of hydrogen-bond acceptors (Lipinski definition) is 6. The van der Waals surface area contributed by atoms with Gasteiger partial charge in [-0.3, -0.25) is 9.69 Å². The van der Waals surface area contributed by atoms with Gasteiger partial charge in [0.05, 0.1) is 23.4 Å². The predicted molar refractivity (Wildman–Crippen MR) is 112 cm³/mol. The van der Waals surface area contributed by atoms with Crippen LogP contribution in [0.3, 0.4) is 0 Å². The average Bonchev–Trinajstić information content (AvgIpc) is 3.41. The van der Waals surface area contributed by atoms with Gasteiger partial charge in [-0.25, -0.2) is 4.98 Å². The fourth-order valence-corrected chi connectivity index (χ4v) is 5.67. The van der Waals surface area contributed by atoms with Crippen molar-refractivity contribution in [2.45, 2.75) is 31.7 Å². The summed E-state index contributed by atoms with van der Waals surface area (Å²) in [4.78, 5) is 24.6. The van der Waals surface area contributed by atoms with E-state index in [4.69, 9.17) is 9.72 Å². The maximum Gasteiger partial charge on any atom is 0.254 e. The summed E-state index contributed by atoms with van der Waals surface area (Å²) in [5.41, 5.74) is 1.76. The van der Waals surface area contributed by atoms with Crippen molar-refractivity contribution in [2.75, 3.05) is 57.4 Å². The van der Waals surface area contributed by atoms with E-state index in [0.29, 0.717) is 32.3 Å². The summed E-state index contributed by atoms with van der Waals surface area (Å²) in [5.74, 6) is 0.103. The summed E-state index contributed by atoms with van der Waals surface area (Å²) >= 11 is 1.72. The van der Waals surface area contributed by atoms with Gasteiger partial charge in [0.15, 0.2) is 5.13 Å². The van der Waals surface area contributed by atoms with Gasteiger partial charge in [0, 0.05) is 37.8 Å². The quantitative estimate of drug-likeness (QED) is 0.793. The third-order valence-electron chi connectivity index (χ3n) is 6.26. The van der Waals surface area contributed by atoms with Crippen molar-refractivity contribution in [1.82, 2.24) is 14.8 Å². The van der Waals surface area contributed by atoms with Gasteiger partial charge in [0.25, 0.3) is 5.91 Å². The molecule has 0 spiro atoms. The number of amides is 1. The monoisotopic (exact) mass is 400 g/mol. The lowest BCUT2D eigenvalue weighted by molar-refractivity contribution is 0.0303. The molecular formula is C21H28N4O2S. The van der Waals surface area contributed by atoms with Crippen LogP contribution in [-0.2, 0) is 4.74 Å². The second-order valence-corrected chi connectivity index (χ2v) is 9.08. The number of likely N-dealkylation sites (tertiary alicyclic amines) is 1. The highest BCUT2D eigenvalue weighted by molar-refractivity contribution is 7.22. The van der Waals surface area contributed by atoms with Gasteiger partial charge in [-0.1, -0.05) is 17.8 Å². The van der Waals surface area contributed by atoms with Gasteiger partial charge >= 0.3 is 0 Å². The van der Waals surface area contributed by atoms with E-state index in [1.165, 1.54) is 38.8 Å². The van der Waals surface area contributed by atoms with Crippen molar-refractivity contribution in [2.24, 2.45) is 0 Å². The summed E-state index contributed by atoms with van der Waals surface area (Å²) in [6.45, 7) is 7.29. The summed E-state index contributed by atoms with van der Waals surface area (Å²) in [5, 5.41) is 1.10. The molecule has 3 saturated heterocycles. The van der Waals surface area contributed by atoms with Crippen LogP contribution in [0.4, 0.5) is 5.13 Å². The van der Waals surface area contributed by atoms with Crippen LogP contribution in [0.25, 0.3) is 10.2 Å². The van der Waals surface area contributed by atoms with Crippen LogP contribution in [0.1, 0.15) is 36.0 Å². The number of anilines is 1. The van der Waals surface area contributed by atoms with Crippen LogP contribution >= 0.6 is 11.3 Å². The molecule has 7 heteroatoms. The molecule has 5 rings (SSSR count). The topological polar surface area (TPSA) is 48.9 Å². The molecule has 4 heterocycles. The Kier molecular flexibility index (Phi) is 5.22. The number of ether oxygens (including phenoxy) is 1. The first-order valence-electron chi connectivity index (χ1n) is 10.5. The maximum atomic E-state index is 12.8. The number of rotatable bonds is 3. The number of carbonyl (C=O) groups is 1. The van der Waals surface area contributed by atoms with Crippen molar-refractivity contribution >= 4 is 32.6 Å². The van der Waals surface area contributed by atoms with Gasteiger partial charge in [0.1, 0.15) is 0 Å². The largest absolute Gasteiger partial charge is 0.378 e. The van der Waals surface area contributed by atoms with E-state index in [1.54, 1.807) is 11.3 Å². The summed E-state index contributed by atoms with van der Waals surface area (Å²) in [6, 6.07) is 6.61. The number of aromatic nitrogens is 1. The molecule has 1 unspecified atom stereocenters. The Morgan fingerprint density at radius 3 is 2.71 bits per heavy atom. The first kappa shape index (κ1) is 18.3. The Hall–Kier alpha value is -1.70. The molecule has 3 fully saturated rings. The molecule has 28 heavy (non-hydrogen) atoms. The molecule has 0 N–H and O–H groups in total. The number of nitrogens with zero attached hydrogens (tertiary/aromatic N) is 4. The minimum Gasteiger partial charge on any atom is -0.378 e. The van der Waals surface area contributed by atoms with Gasteiger partial charge in [-0.2, -0.15) is 0 Å². The zero-order valence-electron chi connectivity index (χ0n) is 16.3. The van der Waals surface area contributed by atoms with Crippen molar-refractivity contribution < 1.29 is 9.53 Å². The van der Waals surface area contributed by atoms with E-state index in [-0.39, 0.29) is 5.91 Å². The normalized spacial score (nSPS) is 24.2. The third kappa shape index (κ3) is 3.63. The zero-order valence-corrected chi connectivity index (χ0v) is 17.1. The molecule has 0 saturated carbocycles. The highest BCUT2D eigenvalue weighted by Gasteiger charge is 2.30. The van der Waals surface area contributed by atoms with E-state index in [1.807, 2.05) is 23.1 Å². The fraction of sp³-hybridized carbons (Fsp3) is 0.619. The Balaban J connectivity index is 1.30. The lowest BCUT2D eigenvalue weighted by atomic mass is 10.1. The molecule has 1 amide bonds. The predicted octanol–water partition coefficient (Wildman–Crippen LogP) is 2.83. The second-order valence-electron chi connectivity index (χ2n) is 8.07. The van der Waals surface area contributed by atoms with E-state index in [9.17, 15) is 4.79 Å². The standard InChI is InChI=1S/C21H28N4O2S/c26-20(24-10-12-27-13-11-24)16-4-5-18-19(14-16)28-21(22-18)25-9-6-17(15-25)23-7-2-1-3-8-23/h4-5,14,17H,1-3,6-13,15H2. The Labute approximate surface area is 170 Å². The SMILES string of the molecule is O=C(c1ccc2nc(N3CCC(N4CCCCC4)C3)sc2c1)N1CCOCC1. The first-order chi connectivity index (χ1) is 13.8. The number of fused-ring (bicyclic) bond motifs is 1. The molecule has 1 aromatic heterocycles. The molecule has 1 aromatic carbocycles. The van der Waals surface area contributed by atoms with Gasteiger partial charge < -0.3 is 14.5 Å². The fourth-order valence-electron chi connectivity index (χ4n) is 4.63. The number of hydrogen-bond donors (Lipinski definition) is 0. The number of piperidine rings is 1. The minimum absolute atomic E-state index is 0.103. The van der Waals surface area contributed by atoms with Crippen LogP contribution < -0.4 is 4.90 Å². The molecule has 2 aromatic rings. The summed E-state index contributed by atoms with van der Waals surface area (Å²) < 4.78 is 6.46. The molecule has 0 bridgehead atoms. The molecule has 0 radical (unpaired) electrons. The Bertz CT molecular complexity index is 842. The molecule has 3 aliphatic heterocycles. The minimum atomic E-state index is 0.103. The van der Waals surface area contributed by atoms with E-state index < -0.39 is 0 Å². The van der Waals surface area contributed by atoms with Gasteiger partial charge in [-0.05, 0) is 50.6 Å². The van der Waals surface area contributed by atoms with Crippen LogP contribution in [0.5, 0.6) is 0 Å². The highest BCUT2D eigenvalue weighted by Crippen LogP contribution is 2.33. The van der Waals surface area contributed by atoms with Crippen LogP contribution in [0.15, 0.2) is 18.2 Å². The van der Waals surface area contributed by atoms with E-state index in [2.05, 4.69) is 9.80 Å². The lowest BCUT2D eigenvalue weighted by Crippen LogP contribution is -2.40. The second kappa shape index (κ2) is 7.97. The summed E-state index contributed by atoms with van der Waals surface area (Å²) in [6.07, 6.45) is 5.31. The highest BCUT2D eigenvalue weighted by atomic mass is 32.1. The number of thiazole rings is 1. The molecule has 0 aliphatic carbocycles. The third-order valence-corrected chi connectivity index (χ3v) is 7.34. The number of benzene rings is 1. The van der Waals surface area contributed by atoms with Crippen molar-refractivity contribution in [3.63, 3.8) is 0 Å². The van der Waals surface area contributed by atoms with Crippen LogP contribution in [-0.4, -0.2) is 79.2 Å². The van der Waals surface area contributed by atoms with Crippen molar-refractivity contribution in [3.05, 3.63) is 23.8 Å². The van der Waals surface area contributed by atoms with Crippen LogP contribution in [0.2, 0.25) is 0 Å². The van der Waals surface area contributed by atoms with Crippen LogP contribution in [0, 0.1) is 0 Å². The molecule has 6 nitrogen and oxygen atoms in total.